The number of ether oxygens (including phenoxy) is 2. The molecule has 1 aromatic carbocycles. The predicted molar refractivity (Wildman–Crippen MR) is 57.7 cm³/mol. The first kappa shape index (κ1) is 14.3. The van der Waals surface area contributed by atoms with Crippen LogP contribution < -0.4 is 9.47 Å². The minimum Gasteiger partial charge on any atom is -0.493 e. The number of hydrogen-bond acceptors (Lipinski definition) is 2. The molecule has 76 valence electrons. The molecule has 0 atom stereocenters. The predicted octanol–water partition coefficient (Wildman–Crippen LogP) is 3.28. The van der Waals surface area contributed by atoms with E-state index in [1.54, 1.807) is 14.2 Å². The van der Waals surface area contributed by atoms with Crippen LogP contribution in [0, 0.1) is 6.92 Å². The molecule has 0 aliphatic rings. The van der Waals surface area contributed by atoms with Crippen molar-refractivity contribution in [1.29, 1.82) is 0 Å². The average Bonchev–Trinajstić information content (AvgIpc) is 2.04. The molecule has 0 bridgehead atoms. The van der Waals surface area contributed by atoms with Gasteiger partial charge in [0.1, 0.15) is 0 Å². The van der Waals surface area contributed by atoms with Crippen LogP contribution >= 0.6 is 0 Å². The quantitative estimate of drug-likeness (QED) is 0.702. The van der Waals surface area contributed by atoms with Gasteiger partial charge in [0.15, 0.2) is 11.5 Å². The second kappa shape index (κ2) is 6.35. The van der Waals surface area contributed by atoms with Crippen LogP contribution in [-0.4, -0.2) is 14.2 Å². The zero-order chi connectivity index (χ0) is 8.27. The van der Waals surface area contributed by atoms with Crippen molar-refractivity contribution in [2.45, 2.75) is 21.8 Å². The van der Waals surface area contributed by atoms with E-state index in [2.05, 4.69) is 0 Å². The maximum Gasteiger partial charge on any atom is 0.163 e. The SMILES string of the molecule is C.C.COc1cccc(C)c1OC. The van der Waals surface area contributed by atoms with Gasteiger partial charge in [-0.2, -0.15) is 0 Å². The van der Waals surface area contributed by atoms with E-state index in [0.717, 1.165) is 17.1 Å². The highest BCUT2D eigenvalue weighted by Gasteiger charge is 2.03. The molecule has 0 saturated heterocycles. The van der Waals surface area contributed by atoms with E-state index < -0.39 is 0 Å². The van der Waals surface area contributed by atoms with Crippen molar-refractivity contribution in [3.05, 3.63) is 23.8 Å². The second-order valence-corrected chi connectivity index (χ2v) is 2.31. The van der Waals surface area contributed by atoms with Crippen molar-refractivity contribution in [2.75, 3.05) is 14.2 Å². The van der Waals surface area contributed by atoms with E-state index in [9.17, 15) is 0 Å². The summed E-state index contributed by atoms with van der Waals surface area (Å²) in [6, 6.07) is 5.81. The Hall–Kier alpha value is -1.18. The van der Waals surface area contributed by atoms with Crippen LogP contribution in [0.25, 0.3) is 0 Å². The number of hydrogen-bond donors (Lipinski definition) is 0. The van der Waals surface area contributed by atoms with Crippen LogP contribution in [0.4, 0.5) is 0 Å². The molecule has 0 saturated carbocycles. The molecule has 2 heteroatoms. The molecule has 0 aliphatic carbocycles. The number of para-hydroxylation sites is 1. The number of aryl methyl sites for hydroxylation is 1. The van der Waals surface area contributed by atoms with Gasteiger partial charge in [-0.25, -0.2) is 0 Å². The van der Waals surface area contributed by atoms with Gasteiger partial charge >= 0.3 is 0 Å². The summed E-state index contributed by atoms with van der Waals surface area (Å²) in [7, 11) is 3.28. The van der Waals surface area contributed by atoms with E-state index in [1.165, 1.54) is 0 Å². The van der Waals surface area contributed by atoms with Gasteiger partial charge in [0.25, 0.3) is 0 Å². The standard InChI is InChI=1S/C9H12O2.2CH4/c1-7-5-4-6-8(10-2)9(7)11-3;;/h4-6H,1-3H3;2*1H4. The van der Waals surface area contributed by atoms with E-state index in [1.807, 2.05) is 25.1 Å². The summed E-state index contributed by atoms with van der Waals surface area (Å²) in [5, 5.41) is 0. The minimum atomic E-state index is 0. The lowest BCUT2D eigenvalue weighted by Gasteiger charge is -2.08. The fourth-order valence-electron chi connectivity index (χ4n) is 1.05. The lowest BCUT2D eigenvalue weighted by Crippen LogP contribution is -1.91. The molecule has 0 aromatic heterocycles. The topological polar surface area (TPSA) is 18.5 Å². The highest BCUT2D eigenvalue weighted by atomic mass is 16.5. The van der Waals surface area contributed by atoms with Crippen LogP contribution in [0.2, 0.25) is 0 Å². The van der Waals surface area contributed by atoms with Gasteiger partial charge in [-0.1, -0.05) is 27.0 Å². The molecule has 0 radical (unpaired) electrons. The Bertz CT molecular complexity index is 244. The van der Waals surface area contributed by atoms with Gasteiger partial charge in [-0.15, -0.1) is 0 Å². The largest absolute Gasteiger partial charge is 0.493 e. The molecule has 0 aliphatic heterocycles. The maximum atomic E-state index is 5.14. The first-order valence-corrected chi connectivity index (χ1v) is 3.47. The first-order valence-electron chi connectivity index (χ1n) is 3.47. The normalized spacial score (nSPS) is 7.92. The van der Waals surface area contributed by atoms with Crippen molar-refractivity contribution in [3.63, 3.8) is 0 Å². The van der Waals surface area contributed by atoms with E-state index in [4.69, 9.17) is 9.47 Å². The third-order valence-electron chi connectivity index (χ3n) is 1.60. The molecule has 13 heavy (non-hydrogen) atoms. The van der Waals surface area contributed by atoms with Gasteiger partial charge in [0, 0.05) is 0 Å². The average molecular weight is 184 g/mol. The van der Waals surface area contributed by atoms with Crippen molar-refractivity contribution < 1.29 is 9.47 Å². The number of benzene rings is 1. The van der Waals surface area contributed by atoms with Crippen LogP contribution in [-0.2, 0) is 0 Å². The second-order valence-electron chi connectivity index (χ2n) is 2.31. The molecule has 0 N–H and O–H groups in total. The molecular formula is C11H20O2. The minimum absolute atomic E-state index is 0. The first-order chi connectivity index (χ1) is 5.29. The Labute approximate surface area is 81.5 Å². The Balaban J connectivity index is 0. The summed E-state index contributed by atoms with van der Waals surface area (Å²) in [5.74, 6) is 1.60. The van der Waals surface area contributed by atoms with Crippen LogP contribution in [0.15, 0.2) is 18.2 Å². The Morgan fingerprint density at radius 2 is 1.62 bits per heavy atom. The Kier molecular flexibility index (Phi) is 7.01. The summed E-state index contributed by atoms with van der Waals surface area (Å²) in [6.07, 6.45) is 0. The number of rotatable bonds is 2. The van der Waals surface area contributed by atoms with Gasteiger partial charge in [0.2, 0.25) is 0 Å². The fourth-order valence-corrected chi connectivity index (χ4v) is 1.05. The van der Waals surface area contributed by atoms with Crippen LogP contribution in [0.5, 0.6) is 11.5 Å². The third-order valence-corrected chi connectivity index (χ3v) is 1.60. The van der Waals surface area contributed by atoms with Crippen molar-refractivity contribution in [2.24, 2.45) is 0 Å². The van der Waals surface area contributed by atoms with Gasteiger partial charge < -0.3 is 9.47 Å². The molecule has 0 fully saturated rings. The smallest absolute Gasteiger partial charge is 0.163 e. The highest BCUT2D eigenvalue weighted by molar-refractivity contribution is 5.45. The number of methoxy groups -OCH3 is 2. The molecular weight excluding hydrogens is 164 g/mol. The van der Waals surface area contributed by atoms with Crippen LogP contribution in [0.3, 0.4) is 0 Å². The zero-order valence-electron chi connectivity index (χ0n) is 7.05. The zero-order valence-corrected chi connectivity index (χ0v) is 7.05. The van der Waals surface area contributed by atoms with Gasteiger partial charge in [0.05, 0.1) is 14.2 Å². The summed E-state index contributed by atoms with van der Waals surface area (Å²) < 4.78 is 10.2. The maximum absolute atomic E-state index is 5.14. The molecule has 0 heterocycles. The van der Waals surface area contributed by atoms with Crippen molar-refractivity contribution >= 4 is 0 Å². The summed E-state index contributed by atoms with van der Waals surface area (Å²) >= 11 is 0. The molecule has 1 aromatic rings. The van der Waals surface area contributed by atoms with Crippen molar-refractivity contribution in [3.8, 4) is 11.5 Å². The van der Waals surface area contributed by atoms with E-state index in [-0.39, 0.29) is 14.9 Å². The van der Waals surface area contributed by atoms with Gasteiger partial charge in [-0.05, 0) is 18.6 Å². The molecule has 0 amide bonds. The molecule has 1 rings (SSSR count). The molecule has 0 unspecified atom stereocenters. The van der Waals surface area contributed by atoms with Crippen molar-refractivity contribution in [1.82, 2.24) is 0 Å². The summed E-state index contributed by atoms with van der Waals surface area (Å²) in [4.78, 5) is 0. The van der Waals surface area contributed by atoms with Crippen LogP contribution in [0.1, 0.15) is 20.4 Å². The van der Waals surface area contributed by atoms with E-state index >= 15 is 0 Å². The van der Waals surface area contributed by atoms with Gasteiger partial charge in [-0.3, -0.25) is 0 Å². The molecule has 0 spiro atoms. The van der Waals surface area contributed by atoms with E-state index in [0.29, 0.717) is 0 Å². The summed E-state index contributed by atoms with van der Waals surface area (Å²) in [6.45, 7) is 1.99. The summed E-state index contributed by atoms with van der Waals surface area (Å²) in [5.41, 5.74) is 1.09. The third kappa shape index (κ3) is 2.98. The fraction of sp³-hybridized carbons (Fsp3) is 0.455. The Morgan fingerprint density at radius 3 is 2.00 bits per heavy atom. The molecule has 2 nitrogen and oxygen atoms in total. The Morgan fingerprint density at radius 1 is 1.00 bits per heavy atom. The lowest BCUT2D eigenvalue weighted by atomic mass is 10.2. The lowest BCUT2D eigenvalue weighted by molar-refractivity contribution is 0.353. The monoisotopic (exact) mass is 184 g/mol. The highest BCUT2D eigenvalue weighted by Crippen LogP contribution is 2.29.